The zero-order valence-corrected chi connectivity index (χ0v) is 9.09. The zero-order valence-electron chi connectivity index (χ0n) is 8.33. The van der Waals surface area contributed by atoms with Gasteiger partial charge in [0, 0.05) is 6.92 Å². The molecule has 0 unspecified atom stereocenters. The van der Waals surface area contributed by atoms with E-state index in [0.29, 0.717) is 5.02 Å². The van der Waals surface area contributed by atoms with Gasteiger partial charge < -0.3 is 10.1 Å². The predicted octanol–water partition coefficient (Wildman–Crippen LogP) is 2.08. The molecule has 0 heterocycles. The van der Waals surface area contributed by atoms with Gasteiger partial charge in [0.2, 0.25) is 5.91 Å². The topological polar surface area (TPSA) is 55.4 Å². The van der Waals surface area contributed by atoms with Crippen LogP contribution in [0.1, 0.15) is 17.3 Å². The summed E-state index contributed by atoms with van der Waals surface area (Å²) in [6, 6.07) is 4.72. The number of ether oxygens (including phenoxy) is 1. The fourth-order valence-electron chi connectivity index (χ4n) is 1.11. The summed E-state index contributed by atoms with van der Waals surface area (Å²) in [6.45, 7) is 1.34. The van der Waals surface area contributed by atoms with Crippen molar-refractivity contribution in [2.75, 3.05) is 12.4 Å². The smallest absolute Gasteiger partial charge is 0.340 e. The molecule has 4 nitrogen and oxygen atoms in total. The third-order valence-corrected chi connectivity index (χ3v) is 2.03. The van der Waals surface area contributed by atoms with E-state index in [1.165, 1.54) is 20.1 Å². The highest BCUT2D eigenvalue weighted by Crippen LogP contribution is 2.26. The van der Waals surface area contributed by atoms with Crippen LogP contribution in [-0.2, 0) is 9.53 Å². The van der Waals surface area contributed by atoms with Crippen LogP contribution in [0.5, 0.6) is 0 Å². The van der Waals surface area contributed by atoms with E-state index in [2.05, 4.69) is 10.1 Å². The number of esters is 1. The van der Waals surface area contributed by atoms with Gasteiger partial charge in [-0.15, -0.1) is 0 Å². The summed E-state index contributed by atoms with van der Waals surface area (Å²) in [7, 11) is 1.26. The van der Waals surface area contributed by atoms with Gasteiger partial charge in [0.05, 0.1) is 23.4 Å². The highest BCUT2D eigenvalue weighted by molar-refractivity contribution is 6.34. The van der Waals surface area contributed by atoms with Gasteiger partial charge in [-0.2, -0.15) is 0 Å². The van der Waals surface area contributed by atoms with Crippen molar-refractivity contribution in [3.8, 4) is 0 Å². The Morgan fingerprint density at radius 2 is 2.07 bits per heavy atom. The summed E-state index contributed by atoms with van der Waals surface area (Å²) in [5.41, 5.74) is 0.513. The highest BCUT2D eigenvalue weighted by atomic mass is 35.5. The molecule has 0 saturated heterocycles. The Balaban J connectivity index is 3.19. The van der Waals surface area contributed by atoms with E-state index in [1.807, 2.05) is 0 Å². The van der Waals surface area contributed by atoms with Gasteiger partial charge >= 0.3 is 5.97 Å². The van der Waals surface area contributed by atoms with Crippen molar-refractivity contribution in [2.45, 2.75) is 6.92 Å². The van der Waals surface area contributed by atoms with E-state index in [-0.39, 0.29) is 17.2 Å². The number of benzene rings is 1. The molecule has 1 aromatic carbocycles. The number of para-hydroxylation sites is 1. The van der Waals surface area contributed by atoms with Gasteiger partial charge in [-0.05, 0) is 12.1 Å². The lowest BCUT2D eigenvalue weighted by Crippen LogP contribution is -2.12. The molecule has 1 N–H and O–H groups in total. The van der Waals surface area contributed by atoms with Crippen LogP contribution in [0.2, 0.25) is 5.02 Å². The number of carbonyl (C=O) groups is 2. The fourth-order valence-corrected chi connectivity index (χ4v) is 1.33. The largest absolute Gasteiger partial charge is 0.465 e. The number of hydrogen-bond acceptors (Lipinski definition) is 3. The first kappa shape index (κ1) is 11.5. The number of hydrogen-bond donors (Lipinski definition) is 1. The lowest BCUT2D eigenvalue weighted by molar-refractivity contribution is -0.114. The van der Waals surface area contributed by atoms with Gasteiger partial charge in [-0.25, -0.2) is 4.79 Å². The predicted molar refractivity (Wildman–Crippen MR) is 57.1 cm³/mol. The Morgan fingerprint density at radius 3 is 2.60 bits per heavy atom. The average molecular weight is 240 g/mol. The van der Waals surface area contributed by atoms with Crippen molar-refractivity contribution >= 4 is 29.2 Å². The molecule has 1 amide bonds. The van der Waals surface area contributed by atoms with Crippen LogP contribution < -0.4 is 5.32 Å². The monoisotopic (exact) mass is 239 g/mol. The van der Waals surface area contributed by atoms with E-state index >= 15 is 0 Å². The standard InChI is InChI=1S/C10H10ClNO3/c1-6(13)12-9-7(10(14)15-2)4-3-5-8(9)11/h3-5H,1-2H3,(H,12,13)/i3+2,4+2,5+2,7+2,8+2,9+2. The van der Waals surface area contributed by atoms with Gasteiger partial charge in [-0.3, -0.25) is 4.79 Å². The van der Waals surface area contributed by atoms with Crippen LogP contribution in [0.4, 0.5) is 5.69 Å². The van der Waals surface area contributed by atoms with E-state index in [0.717, 1.165) is 0 Å². The Morgan fingerprint density at radius 1 is 1.40 bits per heavy atom. The number of anilines is 1. The van der Waals surface area contributed by atoms with Crippen molar-refractivity contribution in [1.82, 2.24) is 0 Å². The van der Waals surface area contributed by atoms with Crippen molar-refractivity contribution in [2.24, 2.45) is 0 Å². The number of rotatable bonds is 2. The molecular formula is C10H10ClNO3. The van der Waals surface area contributed by atoms with Gasteiger partial charge in [0.1, 0.15) is 0 Å². The molecule has 0 saturated carbocycles. The maximum Gasteiger partial charge on any atom is 0.340 e. The third-order valence-electron chi connectivity index (χ3n) is 1.72. The minimum Gasteiger partial charge on any atom is -0.465 e. The Hall–Kier alpha value is -1.55. The molecular weight excluding hydrogens is 230 g/mol. The molecule has 0 fully saturated rings. The Bertz CT molecular complexity index is 404. The summed E-state index contributed by atoms with van der Waals surface area (Å²) in [5, 5.41) is 2.78. The summed E-state index contributed by atoms with van der Waals surface area (Å²) in [4.78, 5) is 22.2. The highest BCUT2D eigenvalue weighted by Gasteiger charge is 2.15. The molecule has 80 valence electrons. The lowest BCUT2D eigenvalue weighted by Gasteiger charge is -2.09. The first-order valence-electron chi connectivity index (χ1n) is 4.20. The van der Waals surface area contributed by atoms with Crippen LogP contribution in [0.3, 0.4) is 0 Å². The van der Waals surface area contributed by atoms with Crippen LogP contribution in [-0.4, -0.2) is 19.0 Å². The minimum atomic E-state index is -0.541. The van der Waals surface area contributed by atoms with Gasteiger partial charge in [0.25, 0.3) is 0 Å². The molecule has 0 aliphatic carbocycles. The summed E-state index contributed by atoms with van der Waals surface area (Å²) in [5.74, 6) is -0.838. The van der Waals surface area contributed by atoms with Crippen molar-refractivity contribution in [1.29, 1.82) is 0 Å². The molecule has 0 bridgehead atoms. The zero-order chi connectivity index (χ0) is 11.4. The summed E-state index contributed by atoms with van der Waals surface area (Å²) in [6.07, 6.45) is 0. The third kappa shape index (κ3) is 2.70. The maximum atomic E-state index is 11.3. The lowest BCUT2D eigenvalue weighted by atomic mass is 10.8. The quantitative estimate of drug-likeness (QED) is 0.804. The van der Waals surface area contributed by atoms with Gasteiger partial charge in [-0.1, -0.05) is 17.7 Å². The van der Waals surface area contributed by atoms with Crippen LogP contribution in [0.15, 0.2) is 18.2 Å². The molecule has 0 spiro atoms. The Kier molecular flexibility index (Phi) is 3.68. The Labute approximate surface area is 92.2 Å². The summed E-state index contributed by atoms with van der Waals surface area (Å²) < 4.78 is 4.56. The van der Waals surface area contributed by atoms with E-state index in [4.69, 9.17) is 11.6 Å². The number of carbonyl (C=O) groups excluding carboxylic acids is 2. The molecule has 0 atom stereocenters. The van der Waals surface area contributed by atoms with Crippen LogP contribution in [0, 0.1) is 0 Å². The SMILES string of the molecule is COC(=O)[14c]1[14cH][14cH][14cH][14c](Cl)[14c]1NC(C)=O. The summed E-state index contributed by atoms with van der Waals surface area (Å²) >= 11 is 5.85. The second-order valence-corrected chi connectivity index (χ2v) is 3.24. The molecule has 5 heteroatoms. The van der Waals surface area contributed by atoms with Crippen molar-refractivity contribution < 1.29 is 14.3 Å². The number of amides is 1. The number of nitrogens with one attached hydrogen (secondary N) is 1. The maximum absolute atomic E-state index is 11.3. The molecule has 0 aliphatic rings. The number of halogens is 1. The average Bonchev–Trinajstić information content (AvgIpc) is 2.19. The molecule has 1 aromatic rings. The van der Waals surface area contributed by atoms with E-state index in [9.17, 15) is 9.59 Å². The van der Waals surface area contributed by atoms with Crippen LogP contribution >= 0.6 is 11.6 Å². The van der Waals surface area contributed by atoms with E-state index in [1.54, 1.807) is 12.1 Å². The second kappa shape index (κ2) is 4.79. The van der Waals surface area contributed by atoms with Crippen molar-refractivity contribution in [3.63, 3.8) is 0 Å². The molecule has 0 radical (unpaired) electrons. The number of methoxy groups -OCH3 is 1. The van der Waals surface area contributed by atoms with Gasteiger partial charge in [0.15, 0.2) is 0 Å². The first-order chi connectivity index (χ1) is 7.06. The molecule has 1 rings (SSSR count). The second-order valence-electron chi connectivity index (χ2n) is 2.84. The van der Waals surface area contributed by atoms with Crippen LogP contribution in [0.25, 0.3) is 0 Å². The van der Waals surface area contributed by atoms with Crippen molar-refractivity contribution in [3.05, 3.63) is 28.8 Å². The normalized spacial score (nSPS) is 9.53. The molecule has 15 heavy (non-hydrogen) atoms. The van der Waals surface area contributed by atoms with E-state index < -0.39 is 5.97 Å². The first-order valence-corrected chi connectivity index (χ1v) is 4.58. The minimum absolute atomic E-state index is 0.236. The molecule has 0 aliphatic heterocycles. The molecule has 0 aromatic heterocycles. The fraction of sp³-hybridized carbons (Fsp3) is 0.200.